The molecule has 1 amide bonds. The average Bonchev–Trinajstić information content (AvgIpc) is 4.14. The second kappa shape index (κ2) is 27.3. The van der Waals surface area contributed by atoms with Crippen LogP contribution >= 0.6 is 27.9 Å². The molecule has 0 saturated carbocycles. The van der Waals surface area contributed by atoms with Crippen LogP contribution in [0.1, 0.15) is 42.5 Å². The summed E-state index contributed by atoms with van der Waals surface area (Å²) in [4.78, 5) is 39.5. The molecule has 0 bridgehead atoms. The Labute approximate surface area is 491 Å². The Bertz CT molecular complexity index is 3670. The van der Waals surface area contributed by atoms with E-state index in [2.05, 4.69) is 40.2 Å². The van der Waals surface area contributed by atoms with Crippen LogP contribution in [0.4, 0.5) is 26.1 Å². The normalized spacial score (nSPS) is 21.9. The highest BCUT2D eigenvalue weighted by atomic mass is 32.2. The van der Waals surface area contributed by atoms with Crippen molar-refractivity contribution >= 4 is 81.0 Å². The lowest BCUT2D eigenvalue weighted by molar-refractivity contribution is -0.118. The lowest BCUT2D eigenvalue weighted by Gasteiger charge is -2.28. The van der Waals surface area contributed by atoms with Gasteiger partial charge < -0.3 is 53.8 Å². The molecule has 2 radical (unpaired) electrons. The highest BCUT2D eigenvalue weighted by molar-refractivity contribution is 7.98. The number of amides is 1. The molecule has 3 aliphatic rings. The summed E-state index contributed by atoms with van der Waals surface area (Å²) >= 11 is 1.44. The van der Waals surface area contributed by atoms with Gasteiger partial charge in [0.05, 0.1) is 95.9 Å². The fraction of sp³-hybridized carbons (Fsp3) is 0.415. The van der Waals surface area contributed by atoms with Crippen molar-refractivity contribution in [2.75, 3.05) is 68.6 Å². The van der Waals surface area contributed by atoms with E-state index >= 15 is 8.78 Å². The van der Waals surface area contributed by atoms with Gasteiger partial charge in [-0.3, -0.25) is 23.0 Å². The zero-order valence-corrected chi connectivity index (χ0v) is 48.2. The molecule has 4 N–H and O–H groups in total. The Hall–Kier alpha value is -6.79. The van der Waals surface area contributed by atoms with Gasteiger partial charge in [0.2, 0.25) is 13.5 Å². The van der Waals surface area contributed by atoms with E-state index in [1.807, 2.05) is 89.3 Å². The Balaban J connectivity index is 0.616. The van der Waals surface area contributed by atoms with E-state index in [0.29, 0.717) is 64.9 Å². The Morgan fingerprint density at radius 2 is 1.38 bits per heavy atom. The van der Waals surface area contributed by atoms with Crippen LogP contribution < -0.4 is 16.4 Å². The first-order chi connectivity index (χ1) is 41.4. The minimum absolute atomic E-state index is 0.0320. The average molecular weight is 1220 g/mol. The predicted octanol–water partition coefficient (Wildman–Crippen LogP) is 6.91. The number of nitrogens with two attached hydrogens (primary N) is 2. The second-order valence-electron chi connectivity index (χ2n) is 19.7. The molecule has 3 aromatic carbocycles. The molecule has 1 unspecified atom stereocenters. The number of para-hydroxylation sites is 1. The Morgan fingerprint density at radius 1 is 0.765 bits per heavy atom. The van der Waals surface area contributed by atoms with Gasteiger partial charge in [0, 0.05) is 23.3 Å². The number of aromatic nitrogens is 11. The molecule has 2 saturated heterocycles. The van der Waals surface area contributed by atoms with Gasteiger partial charge in [-0.15, -0.1) is 16.9 Å². The third kappa shape index (κ3) is 13.3. The van der Waals surface area contributed by atoms with Gasteiger partial charge in [-0.05, 0) is 22.8 Å². The minimum Gasteiger partial charge on any atom is -0.382 e. The van der Waals surface area contributed by atoms with Gasteiger partial charge in [0.1, 0.15) is 53.8 Å². The van der Waals surface area contributed by atoms with Crippen LogP contribution in [0, 0.1) is 0 Å². The standard InChI is InChI=1S/C53H57BF2N14O12P2S/c1-2-39(71)67-21-33-7-3-4-8-34(33)42-45(35-9-5-6-10-36(35)67)70(66-65-42)15-16-74-17-18-75-19-20-76-22-31-11-13-32(14-12-31)25-85-30-77-23-37-47(41(56)53(79-37)69-29-64-44-49(58)60-27-62-51(44)69)82-84(54,73)78-24-38-46(81-83-72)40(55)52(80-38)68-28-63-43-48(57)59-26-61-50(43)68/h3-14,26-29,37-38,40-41,46-47,52-53H,2,15-25,30H2,1H3,(H2,57,59,61)(H2,58,60,62)/t37-,38-,40-,41-,46-,47-,52-,53-,84?/m1/s1. The van der Waals surface area contributed by atoms with Crippen LogP contribution in [0.2, 0.25) is 0 Å². The minimum atomic E-state index is -4.73. The second-order valence-corrected chi connectivity index (χ2v) is 22.5. The smallest absolute Gasteiger partial charge is 0.327 e. The molecule has 0 aliphatic carbocycles. The molecule has 32 heteroatoms. The van der Waals surface area contributed by atoms with Gasteiger partial charge >= 0.3 is 8.69 Å². The molecule has 3 aliphatic heterocycles. The molecule has 444 valence electrons. The topological polar surface area (TPSA) is 307 Å². The molecule has 8 aromatic rings. The molecule has 5 aromatic heterocycles. The number of ether oxygens (including phenoxy) is 6. The van der Waals surface area contributed by atoms with Gasteiger partial charge in [-0.2, -0.15) is 0 Å². The molecular formula is C53H57BF2N14O12P2S. The van der Waals surface area contributed by atoms with Gasteiger partial charge in [-0.25, -0.2) is 47.9 Å². The zero-order chi connectivity index (χ0) is 59.0. The number of rotatable bonds is 27. The number of carbonyl (C=O) groups excluding carboxylic acids is 1. The number of nitrogen functional groups attached to an aromatic ring is 2. The van der Waals surface area contributed by atoms with Crippen LogP contribution in [0.15, 0.2) is 98.1 Å². The fourth-order valence-corrected chi connectivity index (χ4v) is 12.3. The van der Waals surface area contributed by atoms with Crippen LogP contribution in [-0.2, 0) is 81.4 Å². The number of hydrogen-bond donors (Lipinski definition) is 2. The van der Waals surface area contributed by atoms with E-state index in [0.717, 1.165) is 51.2 Å². The molecule has 26 nitrogen and oxygen atoms in total. The third-order valence-electron chi connectivity index (χ3n) is 14.3. The van der Waals surface area contributed by atoms with Crippen molar-refractivity contribution in [3.8, 4) is 22.5 Å². The maximum Gasteiger partial charge on any atom is 0.327 e. The number of anilines is 3. The molecule has 2 fully saturated rings. The molecule has 11 rings (SSSR count). The first-order valence-electron chi connectivity index (χ1n) is 26.9. The number of imidazole rings is 2. The Morgan fingerprint density at radius 3 is 2.06 bits per heavy atom. The number of carbonyl (C=O) groups is 1. The summed E-state index contributed by atoms with van der Waals surface area (Å²) in [7, 11) is 0.470. The van der Waals surface area contributed by atoms with Crippen LogP contribution in [0.5, 0.6) is 0 Å². The van der Waals surface area contributed by atoms with Crippen LogP contribution in [0.3, 0.4) is 0 Å². The van der Waals surface area contributed by atoms with Crippen molar-refractivity contribution in [1.29, 1.82) is 0 Å². The van der Waals surface area contributed by atoms with Gasteiger partial charge in [-0.1, -0.05) is 78.9 Å². The summed E-state index contributed by atoms with van der Waals surface area (Å²) in [5.74, 6) is 0.835. The van der Waals surface area contributed by atoms with Crippen molar-refractivity contribution in [1.82, 2.24) is 54.0 Å². The van der Waals surface area contributed by atoms with E-state index < -0.39 is 72.0 Å². The summed E-state index contributed by atoms with van der Waals surface area (Å²) in [5, 5.41) is 9.14. The number of alkyl halides is 2. The lowest BCUT2D eigenvalue weighted by atomic mass is 9.95. The largest absolute Gasteiger partial charge is 0.382 e. The number of benzene rings is 3. The van der Waals surface area contributed by atoms with Crippen molar-refractivity contribution < 1.29 is 64.7 Å². The van der Waals surface area contributed by atoms with Crippen LogP contribution in [-0.4, -0.2) is 156 Å². The Kier molecular flexibility index (Phi) is 19.2. The monoisotopic (exact) mass is 1220 g/mol. The zero-order valence-electron chi connectivity index (χ0n) is 45.6. The highest BCUT2D eigenvalue weighted by Crippen LogP contribution is 2.50. The summed E-state index contributed by atoms with van der Waals surface area (Å²) in [6, 6.07) is 23.7. The number of nitrogens with zero attached hydrogens (tertiary/aromatic N) is 12. The van der Waals surface area contributed by atoms with Gasteiger partial charge in [0.25, 0.3) is 7.47 Å². The van der Waals surface area contributed by atoms with Crippen LogP contribution in [0.25, 0.3) is 44.8 Å². The third-order valence-corrected chi connectivity index (χ3v) is 16.5. The number of fused-ring (bicyclic) bond motifs is 7. The van der Waals surface area contributed by atoms with Crippen molar-refractivity contribution in [2.45, 2.75) is 88.0 Å². The SMILES string of the molecule is [B]P(=O)(OC[C@H]1O[C@@H](n2cnc3c(N)ncnc32)[C@H](F)[C@@H]1OP=O)O[C@H]1[C@@H](F)[C@H](n2cnc3c(N)ncnc32)O[C@@H]1COCSCc1ccc(COCCOCCOCCn2nnc3c2-c2ccccc2N(C(=O)CC)Cc2ccccc2-3)cc1. The molecular weight excluding hydrogens is 1170 g/mol. The first kappa shape index (κ1) is 59.9. The molecule has 85 heavy (non-hydrogen) atoms. The van der Waals surface area contributed by atoms with Gasteiger partial charge in [0.15, 0.2) is 47.7 Å². The number of hydrogen-bond acceptors (Lipinski definition) is 23. The summed E-state index contributed by atoms with van der Waals surface area (Å²) in [6.07, 6.45) is -7.38. The predicted molar refractivity (Wildman–Crippen MR) is 306 cm³/mol. The maximum absolute atomic E-state index is 16.7. The van der Waals surface area contributed by atoms with Crippen molar-refractivity contribution in [2.24, 2.45) is 0 Å². The van der Waals surface area contributed by atoms with E-state index in [4.69, 9.17) is 61.0 Å². The van der Waals surface area contributed by atoms with Crippen molar-refractivity contribution in [3.63, 3.8) is 0 Å². The van der Waals surface area contributed by atoms with E-state index in [9.17, 15) is 13.9 Å². The quantitative estimate of drug-likeness (QED) is 0.0229. The molecule has 0 spiro atoms. The van der Waals surface area contributed by atoms with E-state index in [-0.39, 0.29) is 52.4 Å². The molecule has 8 heterocycles. The number of thioether (sulfide) groups is 1. The van der Waals surface area contributed by atoms with E-state index in [1.54, 1.807) is 0 Å². The molecule has 9 atom stereocenters. The summed E-state index contributed by atoms with van der Waals surface area (Å²) in [5.41, 5.74) is 19.8. The highest BCUT2D eigenvalue weighted by Gasteiger charge is 2.52. The summed E-state index contributed by atoms with van der Waals surface area (Å²) in [6.45, 7) is 4.07. The summed E-state index contributed by atoms with van der Waals surface area (Å²) < 4.78 is 114. The van der Waals surface area contributed by atoms with Crippen molar-refractivity contribution in [3.05, 3.63) is 115 Å². The maximum atomic E-state index is 16.7. The first-order valence-corrected chi connectivity index (χ1v) is 30.4. The lowest BCUT2D eigenvalue weighted by Crippen LogP contribution is -2.35. The van der Waals surface area contributed by atoms with E-state index in [1.165, 1.54) is 39.9 Å². The fourth-order valence-electron chi connectivity index (χ4n) is 10.2. The number of halogens is 2.